The summed E-state index contributed by atoms with van der Waals surface area (Å²) in [4.78, 5) is 19.0. The third kappa shape index (κ3) is 3.18. The van der Waals surface area contributed by atoms with Crippen LogP contribution in [0.5, 0.6) is 0 Å². The molecule has 0 unspecified atom stereocenters. The molecule has 0 amide bonds. The largest absolute Gasteiger partial charge is 0.464 e. The average molecular weight is 313 g/mol. The number of thiazole rings is 1. The number of ether oxygens (including phenoxy) is 1. The van der Waals surface area contributed by atoms with Crippen LogP contribution >= 0.6 is 11.3 Å². The van der Waals surface area contributed by atoms with Gasteiger partial charge in [0.2, 0.25) is 0 Å². The Morgan fingerprint density at radius 1 is 1.40 bits per heavy atom. The van der Waals surface area contributed by atoms with E-state index in [0.29, 0.717) is 0 Å². The van der Waals surface area contributed by atoms with E-state index in [0.717, 1.165) is 16.9 Å². The number of sulfonamides is 1. The first kappa shape index (κ1) is 14.6. The summed E-state index contributed by atoms with van der Waals surface area (Å²) in [6.45, 7) is 0.101. The van der Waals surface area contributed by atoms with E-state index in [1.165, 1.54) is 12.6 Å². The Bertz CT molecular complexity index is 697. The molecular formula is C11H11N3O4S2. The Morgan fingerprint density at radius 2 is 2.10 bits per heavy atom. The van der Waals surface area contributed by atoms with Gasteiger partial charge >= 0.3 is 5.97 Å². The summed E-state index contributed by atoms with van der Waals surface area (Å²) in [5.41, 5.74) is 1.83. The summed E-state index contributed by atoms with van der Waals surface area (Å²) >= 11 is 0.861. The van der Waals surface area contributed by atoms with Gasteiger partial charge in [-0.05, 0) is 17.7 Å². The van der Waals surface area contributed by atoms with E-state index in [4.69, 9.17) is 0 Å². The van der Waals surface area contributed by atoms with Crippen LogP contribution in [0.3, 0.4) is 0 Å². The maximum Gasteiger partial charge on any atom is 0.358 e. The highest BCUT2D eigenvalue weighted by Crippen LogP contribution is 2.20. The minimum absolute atomic E-state index is 0.101. The Morgan fingerprint density at radius 3 is 2.75 bits per heavy atom. The van der Waals surface area contributed by atoms with E-state index in [-0.39, 0.29) is 16.4 Å². The van der Waals surface area contributed by atoms with Crippen molar-refractivity contribution in [2.45, 2.75) is 10.8 Å². The lowest BCUT2D eigenvalue weighted by molar-refractivity contribution is 0.0590. The molecule has 0 saturated carbocycles. The first-order valence-electron chi connectivity index (χ1n) is 5.45. The van der Waals surface area contributed by atoms with Crippen molar-refractivity contribution in [3.63, 3.8) is 0 Å². The summed E-state index contributed by atoms with van der Waals surface area (Å²) < 4.78 is 31.0. The van der Waals surface area contributed by atoms with Gasteiger partial charge < -0.3 is 4.74 Å². The minimum Gasteiger partial charge on any atom is -0.464 e. The van der Waals surface area contributed by atoms with Gasteiger partial charge in [-0.3, -0.25) is 4.98 Å². The minimum atomic E-state index is -3.82. The number of hydrogen-bond donors (Lipinski definition) is 1. The highest BCUT2D eigenvalue weighted by Gasteiger charge is 2.26. The summed E-state index contributed by atoms with van der Waals surface area (Å²) in [6, 6.07) is 3.38. The molecule has 106 valence electrons. The van der Waals surface area contributed by atoms with E-state index < -0.39 is 16.0 Å². The zero-order valence-corrected chi connectivity index (χ0v) is 12.1. The quantitative estimate of drug-likeness (QED) is 0.820. The molecule has 0 aliphatic heterocycles. The molecule has 2 aromatic heterocycles. The highest BCUT2D eigenvalue weighted by atomic mass is 32.2. The number of hydrogen-bond acceptors (Lipinski definition) is 7. The third-order valence-corrected chi connectivity index (χ3v) is 5.14. The molecule has 7 nitrogen and oxygen atoms in total. The molecule has 2 aromatic rings. The normalized spacial score (nSPS) is 11.2. The van der Waals surface area contributed by atoms with Crippen molar-refractivity contribution in [1.29, 1.82) is 0 Å². The predicted octanol–water partition coefficient (Wildman–Crippen LogP) is 0.803. The lowest BCUT2D eigenvalue weighted by Gasteiger charge is -2.05. The van der Waals surface area contributed by atoms with E-state index in [2.05, 4.69) is 19.4 Å². The molecule has 0 aliphatic carbocycles. The molecular weight excluding hydrogens is 302 g/mol. The van der Waals surface area contributed by atoms with Crippen LogP contribution < -0.4 is 4.72 Å². The molecule has 9 heteroatoms. The fourth-order valence-corrected chi connectivity index (χ4v) is 3.60. The summed E-state index contributed by atoms with van der Waals surface area (Å²) in [5.74, 6) is -0.782. The highest BCUT2D eigenvalue weighted by molar-refractivity contribution is 7.91. The fraction of sp³-hybridized carbons (Fsp3) is 0.182. The van der Waals surface area contributed by atoms with Crippen molar-refractivity contribution in [3.05, 3.63) is 41.3 Å². The Hall–Kier alpha value is -1.84. The van der Waals surface area contributed by atoms with Crippen LogP contribution in [0.25, 0.3) is 0 Å². The molecule has 0 saturated heterocycles. The third-order valence-electron chi connectivity index (χ3n) is 2.37. The van der Waals surface area contributed by atoms with Gasteiger partial charge in [0.05, 0.1) is 12.6 Å². The lowest BCUT2D eigenvalue weighted by atomic mass is 10.3. The van der Waals surface area contributed by atoms with Crippen molar-refractivity contribution in [2.24, 2.45) is 0 Å². The number of esters is 1. The molecule has 2 heterocycles. The molecule has 1 N–H and O–H groups in total. The van der Waals surface area contributed by atoms with Crippen LogP contribution in [0.15, 0.2) is 34.2 Å². The number of methoxy groups -OCH3 is 1. The standard InChI is InChI=1S/C11H11N3O4S2/c1-18-10(15)9-11(19-7-13-9)20(16,17)14-6-8-2-4-12-5-3-8/h2-5,7,14H,6H2,1H3. The number of pyridine rings is 1. The van der Waals surface area contributed by atoms with Crippen LogP contribution in [0, 0.1) is 0 Å². The van der Waals surface area contributed by atoms with Gasteiger partial charge in [0, 0.05) is 18.9 Å². The molecule has 0 radical (unpaired) electrons. The lowest BCUT2D eigenvalue weighted by Crippen LogP contribution is -2.24. The van der Waals surface area contributed by atoms with Crippen LogP contribution in [0.2, 0.25) is 0 Å². The molecule has 0 aliphatic rings. The second kappa shape index (κ2) is 6.07. The predicted molar refractivity (Wildman–Crippen MR) is 71.7 cm³/mol. The van der Waals surface area contributed by atoms with Gasteiger partial charge in [-0.25, -0.2) is 22.9 Å². The molecule has 0 spiro atoms. The number of carbonyl (C=O) groups excluding carboxylic acids is 1. The van der Waals surface area contributed by atoms with Crippen molar-refractivity contribution in [1.82, 2.24) is 14.7 Å². The van der Waals surface area contributed by atoms with Gasteiger partial charge in [-0.1, -0.05) is 0 Å². The second-order valence-corrected chi connectivity index (χ2v) is 6.48. The van der Waals surface area contributed by atoms with Crippen LogP contribution in [-0.4, -0.2) is 31.5 Å². The molecule has 20 heavy (non-hydrogen) atoms. The van der Waals surface area contributed by atoms with Crippen molar-refractivity contribution >= 4 is 27.3 Å². The zero-order chi connectivity index (χ0) is 14.6. The van der Waals surface area contributed by atoms with Crippen LogP contribution in [0.1, 0.15) is 16.1 Å². The van der Waals surface area contributed by atoms with Crippen LogP contribution in [-0.2, 0) is 21.3 Å². The molecule has 0 aromatic carbocycles. The number of aromatic nitrogens is 2. The maximum absolute atomic E-state index is 12.1. The average Bonchev–Trinajstić information content (AvgIpc) is 2.96. The molecule has 0 fully saturated rings. The van der Waals surface area contributed by atoms with Crippen LogP contribution in [0.4, 0.5) is 0 Å². The van der Waals surface area contributed by atoms with Gasteiger partial charge in [0.25, 0.3) is 10.0 Å². The van der Waals surface area contributed by atoms with E-state index >= 15 is 0 Å². The van der Waals surface area contributed by atoms with E-state index in [1.54, 1.807) is 24.5 Å². The topological polar surface area (TPSA) is 98.2 Å². The van der Waals surface area contributed by atoms with Gasteiger partial charge in [0.15, 0.2) is 9.90 Å². The Kier molecular flexibility index (Phi) is 4.42. The second-order valence-electron chi connectivity index (χ2n) is 3.66. The Labute approximate surface area is 119 Å². The number of carbonyl (C=O) groups is 1. The number of nitrogens with one attached hydrogen (secondary N) is 1. The van der Waals surface area contributed by atoms with Gasteiger partial charge in [0.1, 0.15) is 0 Å². The Balaban J connectivity index is 2.19. The fourth-order valence-electron chi connectivity index (χ4n) is 1.40. The summed E-state index contributed by atoms with van der Waals surface area (Å²) in [5, 5.41) is 0. The van der Waals surface area contributed by atoms with E-state index in [1.807, 2.05) is 0 Å². The smallest absolute Gasteiger partial charge is 0.358 e. The van der Waals surface area contributed by atoms with Crippen molar-refractivity contribution in [2.75, 3.05) is 7.11 Å². The van der Waals surface area contributed by atoms with Crippen molar-refractivity contribution < 1.29 is 17.9 Å². The first-order valence-corrected chi connectivity index (χ1v) is 7.81. The van der Waals surface area contributed by atoms with Gasteiger partial charge in [-0.2, -0.15) is 0 Å². The zero-order valence-electron chi connectivity index (χ0n) is 10.4. The first-order chi connectivity index (χ1) is 9.54. The number of nitrogens with zero attached hydrogens (tertiary/aromatic N) is 2. The monoisotopic (exact) mass is 313 g/mol. The van der Waals surface area contributed by atoms with Crippen molar-refractivity contribution in [3.8, 4) is 0 Å². The maximum atomic E-state index is 12.1. The number of rotatable bonds is 5. The molecule has 2 rings (SSSR count). The summed E-state index contributed by atoms with van der Waals surface area (Å²) in [6.07, 6.45) is 3.13. The SMILES string of the molecule is COC(=O)c1ncsc1S(=O)(=O)NCc1ccncc1. The summed E-state index contributed by atoms with van der Waals surface area (Å²) in [7, 11) is -2.65. The molecule has 0 atom stereocenters. The van der Waals surface area contributed by atoms with Gasteiger partial charge in [-0.15, -0.1) is 11.3 Å². The molecule has 0 bridgehead atoms. The van der Waals surface area contributed by atoms with E-state index in [9.17, 15) is 13.2 Å².